The van der Waals surface area contributed by atoms with E-state index in [-0.39, 0.29) is 34.3 Å². The van der Waals surface area contributed by atoms with Crippen LogP contribution in [-0.4, -0.2) is 41.0 Å². The number of amides is 3. The zero-order chi connectivity index (χ0) is 23.0. The van der Waals surface area contributed by atoms with Crippen LogP contribution in [0.15, 0.2) is 47.6 Å². The van der Waals surface area contributed by atoms with Gasteiger partial charge in [0.25, 0.3) is 5.91 Å². The molecule has 0 radical (unpaired) electrons. The molecule has 0 aromatic heterocycles. The molecule has 0 unspecified atom stereocenters. The Hall–Kier alpha value is -2.75. The van der Waals surface area contributed by atoms with Gasteiger partial charge in [0, 0.05) is 19.4 Å². The third-order valence-corrected chi connectivity index (χ3v) is 6.91. The molecule has 166 valence electrons. The third kappa shape index (κ3) is 3.70. The van der Waals surface area contributed by atoms with Gasteiger partial charge in [0.05, 0.1) is 22.3 Å². The number of hydrazone groups is 1. The maximum Gasteiger partial charge on any atom is 0.270 e. The number of halogens is 2. The summed E-state index contributed by atoms with van der Waals surface area (Å²) in [4.78, 5) is 37.8. The highest BCUT2D eigenvalue weighted by Crippen LogP contribution is 2.57. The number of rotatable bonds is 4. The predicted molar refractivity (Wildman–Crippen MR) is 124 cm³/mol. The minimum atomic E-state index is -1.54. The van der Waals surface area contributed by atoms with Gasteiger partial charge in [-0.05, 0) is 30.0 Å². The summed E-state index contributed by atoms with van der Waals surface area (Å²) >= 11 is 13.7. The van der Waals surface area contributed by atoms with Gasteiger partial charge in [-0.3, -0.25) is 14.4 Å². The van der Waals surface area contributed by atoms with Crippen LogP contribution in [-0.2, 0) is 19.3 Å². The second kappa shape index (κ2) is 8.65. The Morgan fingerprint density at radius 2 is 1.88 bits per heavy atom. The van der Waals surface area contributed by atoms with Crippen molar-refractivity contribution in [3.63, 3.8) is 0 Å². The number of amidine groups is 1. The Morgan fingerprint density at radius 3 is 2.53 bits per heavy atom. The van der Waals surface area contributed by atoms with Gasteiger partial charge in [0.2, 0.25) is 16.7 Å². The standard InChI is InChI=1S/C21H18Cl2N4O4S/c1-12(28)24-20-25-27(13(2)29)21(32-20)15-8-9-16(22)17(23)18(15)26(19(21)30)10-11-31-14-6-4-3-5-7-14/h3-9H,10-11H2,1-2H3,(H,24,25,28)/t21-/m1/s1. The molecule has 2 aromatic carbocycles. The van der Waals surface area contributed by atoms with Gasteiger partial charge in [-0.15, -0.1) is 5.10 Å². The van der Waals surface area contributed by atoms with E-state index in [0.29, 0.717) is 17.0 Å². The van der Waals surface area contributed by atoms with Gasteiger partial charge in [-0.2, -0.15) is 5.01 Å². The first kappa shape index (κ1) is 22.4. The van der Waals surface area contributed by atoms with E-state index in [9.17, 15) is 14.4 Å². The Labute approximate surface area is 198 Å². The smallest absolute Gasteiger partial charge is 0.270 e. The monoisotopic (exact) mass is 492 g/mol. The molecule has 0 saturated heterocycles. The first-order valence-corrected chi connectivity index (χ1v) is 11.2. The number of anilines is 1. The Morgan fingerprint density at radius 1 is 1.16 bits per heavy atom. The van der Waals surface area contributed by atoms with Gasteiger partial charge in [-0.1, -0.05) is 47.5 Å². The summed E-state index contributed by atoms with van der Waals surface area (Å²) in [5.74, 6) is -0.615. The zero-order valence-electron chi connectivity index (χ0n) is 17.1. The highest BCUT2D eigenvalue weighted by atomic mass is 35.5. The average molecular weight is 493 g/mol. The molecule has 0 bridgehead atoms. The lowest BCUT2D eigenvalue weighted by atomic mass is 10.1. The number of para-hydroxylation sites is 1. The van der Waals surface area contributed by atoms with E-state index >= 15 is 0 Å². The molecular formula is C21H18Cl2N4O4S. The lowest BCUT2D eigenvalue weighted by molar-refractivity contribution is -0.139. The summed E-state index contributed by atoms with van der Waals surface area (Å²) in [6.07, 6.45) is 0. The highest BCUT2D eigenvalue weighted by molar-refractivity contribution is 8.15. The van der Waals surface area contributed by atoms with E-state index < -0.39 is 16.7 Å². The van der Waals surface area contributed by atoms with Crippen LogP contribution in [0.1, 0.15) is 19.4 Å². The van der Waals surface area contributed by atoms with Gasteiger partial charge in [0.15, 0.2) is 5.17 Å². The molecule has 8 nitrogen and oxygen atoms in total. The van der Waals surface area contributed by atoms with Crippen LogP contribution in [0.3, 0.4) is 0 Å². The summed E-state index contributed by atoms with van der Waals surface area (Å²) in [6, 6.07) is 12.4. The zero-order valence-corrected chi connectivity index (χ0v) is 19.4. The van der Waals surface area contributed by atoms with Crippen LogP contribution >= 0.6 is 35.0 Å². The van der Waals surface area contributed by atoms with E-state index in [2.05, 4.69) is 10.4 Å². The topological polar surface area (TPSA) is 91.3 Å². The fraction of sp³-hybridized carbons (Fsp3) is 0.238. The van der Waals surface area contributed by atoms with Crippen LogP contribution < -0.4 is 15.0 Å². The van der Waals surface area contributed by atoms with E-state index in [1.165, 1.54) is 18.7 Å². The van der Waals surface area contributed by atoms with Crippen LogP contribution in [0.4, 0.5) is 5.69 Å². The number of carbonyl (C=O) groups excluding carboxylic acids is 3. The SMILES string of the molecule is CC(=O)NC1=NN(C(C)=O)[C@]2(S1)C(=O)N(CCOc1ccccc1)c1c2ccc(Cl)c1Cl. The molecule has 1 atom stereocenters. The van der Waals surface area contributed by atoms with Crippen molar-refractivity contribution < 1.29 is 19.1 Å². The van der Waals surface area contributed by atoms with E-state index in [4.69, 9.17) is 27.9 Å². The van der Waals surface area contributed by atoms with Crippen LogP contribution in [0, 0.1) is 0 Å². The van der Waals surface area contributed by atoms with Crippen LogP contribution in [0.5, 0.6) is 5.75 Å². The van der Waals surface area contributed by atoms with Crippen molar-refractivity contribution in [1.29, 1.82) is 0 Å². The molecule has 2 aromatic rings. The molecule has 1 spiro atoms. The number of carbonyl (C=O) groups is 3. The van der Waals surface area contributed by atoms with Crippen molar-refractivity contribution >= 4 is 63.5 Å². The Kier molecular flexibility index (Phi) is 6.07. The van der Waals surface area contributed by atoms with Crippen molar-refractivity contribution in [3.8, 4) is 5.75 Å². The highest BCUT2D eigenvalue weighted by Gasteiger charge is 2.61. The predicted octanol–water partition coefficient (Wildman–Crippen LogP) is 3.57. The summed E-state index contributed by atoms with van der Waals surface area (Å²) < 4.78 is 5.76. The normalized spacial score (nSPS) is 19.2. The maximum absolute atomic E-state index is 13.8. The van der Waals surface area contributed by atoms with E-state index in [1.54, 1.807) is 12.1 Å². The molecular weight excluding hydrogens is 475 g/mol. The van der Waals surface area contributed by atoms with Crippen molar-refractivity contribution in [2.24, 2.45) is 5.10 Å². The van der Waals surface area contributed by atoms with Crippen LogP contribution in [0.2, 0.25) is 10.0 Å². The molecule has 0 aliphatic carbocycles. The molecule has 3 amide bonds. The molecule has 2 aliphatic rings. The summed E-state index contributed by atoms with van der Waals surface area (Å²) in [5, 5.41) is 8.43. The Bertz CT molecular complexity index is 1140. The maximum atomic E-state index is 13.8. The van der Waals surface area contributed by atoms with Crippen molar-refractivity contribution in [3.05, 3.63) is 58.1 Å². The molecule has 1 N–H and O–H groups in total. The second-order valence-corrected chi connectivity index (χ2v) is 9.01. The lowest BCUT2D eigenvalue weighted by Crippen LogP contribution is -2.49. The first-order valence-electron chi connectivity index (χ1n) is 9.60. The fourth-order valence-electron chi connectivity index (χ4n) is 3.62. The minimum Gasteiger partial charge on any atom is -0.492 e. The quantitative estimate of drug-likeness (QED) is 0.704. The molecule has 2 heterocycles. The second-order valence-electron chi connectivity index (χ2n) is 7.04. The first-order chi connectivity index (χ1) is 15.3. The van der Waals surface area contributed by atoms with Gasteiger partial charge in [-0.25, -0.2) is 0 Å². The van der Waals surface area contributed by atoms with Gasteiger partial charge >= 0.3 is 0 Å². The molecule has 11 heteroatoms. The molecule has 0 saturated carbocycles. The minimum absolute atomic E-state index is 0.139. The van der Waals surface area contributed by atoms with Crippen molar-refractivity contribution in [2.75, 3.05) is 18.1 Å². The number of fused-ring (bicyclic) bond motifs is 2. The molecule has 2 aliphatic heterocycles. The van der Waals surface area contributed by atoms with E-state index in [0.717, 1.165) is 16.8 Å². The fourth-order valence-corrected chi connectivity index (χ4v) is 5.37. The van der Waals surface area contributed by atoms with Gasteiger partial charge < -0.3 is 15.0 Å². The number of benzene rings is 2. The van der Waals surface area contributed by atoms with E-state index in [1.807, 2.05) is 30.3 Å². The number of hydrogen-bond acceptors (Lipinski definition) is 6. The lowest BCUT2D eigenvalue weighted by Gasteiger charge is -2.29. The summed E-state index contributed by atoms with van der Waals surface area (Å²) in [7, 11) is 0. The molecule has 0 fully saturated rings. The molecule has 32 heavy (non-hydrogen) atoms. The average Bonchev–Trinajstić information content (AvgIpc) is 3.23. The van der Waals surface area contributed by atoms with Gasteiger partial charge in [0.1, 0.15) is 12.4 Å². The third-order valence-electron chi connectivity index (χ3n) is 4.88. The number of ether oxygens (including phenoxy) is 1. The van der Waals surface area contributed by atoms with Crippen molar-refractivity contribution in [2.45, 2.75) is 18.7 Å². The summed E-state index contributed by atoms with van der Waals surface area (Å²) in [6.45, 7) is 2.96. The largest absolute Gasteiger partial charge is 0.492 e. The molecule has 4 rings (SSSR count). The van der Waals surface area contributed by atoms with Crippen molar-refractivity contribution in [1.82, 2.24) is 10.3 Å². The van der Waals surface area contributed by atoms with Crippen LogP contribution in [0.25, 0.3) is 0 Å². The number of thioether (sulfide) groups is 1. The Balaban J connectivity index is 1.72. The number of nitrogens with one attached hydrogen (secondary N) is 1. The number of hydrogen-bond donors (Lipinski definition) is 1. The summed E-state index contributed by atoms with van der Waals surface area (Å²) in [5.41, 5.74) is 0.847. The number of nitrogens with zero attached hydrogens (tertiary/aromatic N) is 3.